The van der Waals surface area contributed by atoms with Gasteiger partial charge < -0.3 is 19.8 Å². The molecule has 1 aromatic heterocycles. The highest BCUT2D eigenvalue weighted by atomic mass is 16.5. The summed E-state index contributed by atoms with van der Waals surface area (Å²) in [6.45, 7) is 2.42. The van der Waals surface area contributed by atoms with Crippen molar-refractivity contribution >= 4 is 28.5 Å². The maximum atomic E-state index is 12.4. The van der Waals surface area contributed by atoms with Gasteiger partial charge in [-0.25, -0.2) is 9.78 Å². The van der Waals surface area contributed by atoms with E-state index < -0.39 is 0 Å². The van der Waals surface area contributed by atoms with Crippen LogP contribution in [0.4, 0.5) is 16.2 Å². The molecule has 0 aliphatic rings. The van der Waals surface area contributed by atoms with Crippen LogP contribution in [-0.4, -0.2) is 17.6 Å². The number of anilines is 2. The average Bonchev–Trinajstić information content (AvgIpc) is 3.14. The number of nitrogens with one attached hydrogen (secondary N) is 2. The van der Waals surface area contributed by atoms with Crippen molar-refractivity contribution in [1.82, 2.24) is 4.98 Å². The molecule has 0 spiro atoms. The van der Waals surface area contributed by atoms with Crippen LogP contribution in [0, 0.1) is 0 Å². The fourth-order valence-corrected chi connectivity index (χ4v) is 2.86. The Morgan fingerprint density at radius 2 is 1.82 bits per heavy atom. The Labute approximate surface area is 162 Å². The van der Waals surface area contributed by atoms with Gasteiger partial charge in [-0.1, -0.05) is 30.3 Å². The summed E-state index contributed by atoms with van der Waals surface area (Å²) < 4.78 is 11.3. The molecule has 0 aliphatic carbocycles. The highest BCUT2D eigenvalue weighted by Crippen LogP contribution is 2.27. The summed E-state index contributed by atoms with van der Waals surface area (Å²) in [5.74, 6) is 1.13. The first-order chi connectivity index (χ1) is 13.7. The standard InChI is InChI=1S/C22H19N3O3/c1-2-27-19-12-5-3-10-17(19)25-22(26)23-16-9-7-8-15(14-16)21-24-18-11-4-6-13-20(18)28-21/h3-14H,2H2,1H3,(H2,23,25,26). The number of carbonyl (C=O) groups excluding carboxylic acids is 1. The Morgan fingerprint density at radius 3 is 2.68 bits per heavy atom. The van der Waals surface area contributed by atoms with Gasteiger partial charge in [0.1, 0.15) is 11.3 Å². The normalized spacial score (nSPS) is 10.6. The Balaban J connectivity index is 1.51. The van der Waals surface area contributed by atoms with Gasteiger partial charge in [0.15, 0.2) is 5.58 Å². The third kappa shape index (κ3) is 3.81. The number of hydrogen-bond donors (Lipinski definition) is 2. The largest absolute Gasteiger partial charge is 0.492 e. The van der Waals surface area contributed by atoms with Gasteiger partial charge in [0.25, 0.3) is 0 Å². The van der Waals surface area contributed by atoms with Gasteiger partial charge in [0.2, 0.25) is 5.89 Å². The minimum Gasteiger partial charge on any atom is -0.492 e. The summed E-state index contributed by atoms with van der Waals surface area (Å²) in [6, 6.07) is 21.9. The van der Waals surface area contributed by atoms with E-state index >= 15 is 0 Å². The summed E-state index contributed by atoms with van der Waals surface area (Å²) in [5, 5.41) is 5.64. The number of hydrogen-bond acceptors (Lipinski definition) is 4. The van der Waals surface area contributed by atoms with E-state index in [0.29, 0.717) is 29.6 Å². The number of carbonyl (C=O) groups is 1. The molecule has 6 nitrogen and oxygen atoms in total. The van der Waals surface area contributed by atoms with Crippen LogP contribution in [0.25, 0.3) is 22.6 Å². The Morgan fingerprint density at radius 1 is 1.00 bits per heavy atom. The van der Waals surface area contributed by atoms with E-state index in [9.17, 15) is 4.79 Å². The summed E-state index contributed by atoms with van der Waals surface area (Å²) in [4.78, 5) is 16.9. The van der Waals surface area contributed by atoms with Crippen molar-refractivity contribution in [3.05, 3.63) is 72.8 Å². The van der Waals surface area contributed by atoms with Crippen LogP contribution in [0.1, 0.15) is 6.92 Å². The molecule has 0 bridgehead atoms. The molecule has 0 saturated heterocycles. The molecule has 3 aromatic carbocycles. The zero-order chi connectivity index (χ0) is 19.3. The lowest BCUT2D eigenvalue weighted by molar-refractivity contribution is 0.262. The Hall–Kier alpha value is -3.80. The van der Waals surface area contributed by atoms with Crippen LogP contribution < -0.4 is 15.4 Å². The van der Waals surface area contributed by atoms with Gasteiger partial charge in [0, 0.05) is 11.3 Å². The van der Waals surface area contributed by atoms with E-state index in [1.165, 1.54) is 0 Å². The second-order valence-electron chi connectivity index (χ2n) is 6.08. The fraction of sp³-hybridized carbons (Fsp3) is 0.0909. The molecule has 0 radical (unpaired) electrons. The number of oxazole rings is 1. The van der Waals surface area contributed by atoms with E-state index in [1.54, 1.807) is 12.1 Å². The number of para-hydroxylation sites is 4. The molecule has 6 heteroatoms. The Bertz CT molecular complexity index is 1090. The number of rotatable bonds is 5. The van der Waals surface area contributed by atoms with Gasteiger partial charge in [-0.3, -0.25) is 0 Å². The summed E-state index contributed by atoms with van der Waals surface area (Å²) >= 11 is 0. The van der Waals surface area contributed by atoms with E-state index in [4.69, 9.17) is 9.15 Å². The lowest BCUT2D eigenvalue weighted by Gasteiger charge is -2.12. The molecule has 0 aliphatic heterocycles. The highest BCUT2D eigenvalue weighted by molar-refractivity contribution is 6.01. The van der Waals surface area contributed by atoms with Crippen molar-refractivity contribution in [2.45, 2.75) is 6.92 Å². The summed E-state index contributed by atoms with van der Waals surface area (Å²) in [7, 11) is 0. The number of amides is 2. The topological polar surface area (TPSA) is 76.4 Å². The summed E-state index contributed by atoms with van der Waals surface area (Å²) in [6.07, 6.45) is 0. The molecule has 0 atom stereocenters. The van der Waals surface area contributed by atoms with Crippen molar-refractivity contribution in [2.75, 3.05) is 17.2 Å². The van der Waals surface area contributed by atoms with E-state index in [2.05, 4.69) is 15.6 Å². The molecule has 0 saturated carbocycles. The quantitative estimate of drug-likeness (QED) is 0.482. The zero-order valence-corrected chi connectivity index (χ0v) is 15.3. The molecule has 2 N–H and O–H groups in total. The molecular formula is C22H19N3O3. The number of nitrogens with zero attached hydrogens (tertiary/aromatic N) is 1. The number of ether oxygens (including phenoxy) is 1. The first-order valence-electron chi connectivity index (χ1n) is 8.99. The number of fused-ring (bicyclic) bond motifs is 1. The van der Waals surface area contributed by atoms with E-state index in [-0.39, 0.29) is 6.03 Å². The van der Waals surface area contributed by atoms with Crippen LogP contribution in [0.5, 0.6) is 5.75 Å². The van der Waals surface area contributed by atoms with Crippen molar-refractivity contribution in [1.29, 1.82) is 0 Å². The molecule has 0 fully saturated rings. The highest BCUT2D eigenvalue weighted by Gasteiger charge is 2.11. The first kappa shape index (κ1) is 17.6. The molecule has 28 heavy (non-hydrogen) atoms. The summed E-state index contributed by atoms with van der Waals surface area (Å²) in [5.41, 5.74) is 3.54. The third-order valence-corrected chi connectivity index (χ3v) is 4.10. The van der Waals surface area contributed by atoms with Crippen LogP contribution in [0.15, 0.2) is 77.2 Å². The van der Waals surface area contributed by atoms with Crippen molar-refractivity contribution in [3.63, 3.8) is 0 Å². The van der Waals surface area contributed by atoms with Crippen LogP contribution in [0.2, 0.25) is 0 Å². The molecule has 140 valence electrons. The second-order valence-corrected chi connectivity index (χ2v) is 6.08. The van der Waals surface area contributed by atoms with Gasteiger partial charge in [0.05, 0.1) is 12.3 Å². The maximum Gasteiger partial charge on any atom is 0.323 e. The third-order valence-electron chi connectivity index (χ3n) is 4.10. The lowest BCUT2D eigenvalue weighted by Crippen LogP contribution is -2.19. The maximum absolute atomic E-state index is 12.4. The molecule has 1 heterocycles. The van der Waals surface area contributed by atoms with E-state index in [0.717, 1.165) is 16.7 Å². The predicted molar refractivity (Wildman–Crippen MR) is 110 cm³/mol. The second kappa shape index (κ2) is 7.84. The molecule has 2 amide bonds. The monoisotopic (exact) mass is 373 g/mol. The minimum absolute atomic E-state index is 0.359. The minimum atomic E-state index is -0.359. The van der Waals surface area contributed by atoms with E-state index in [1.807, 2.05) is 67.6 Å². The lowest BCUT2D eigenvalue weighted by atomic mass is 10.2. The van der Waals surface area contributed by atoms with Crippen LogP contribution >= 0.6 is 0 Å². The average molecular weight is 373 g/mol. The zero-order valence-electron chi connectivity index (χ0n) is 15.3. The van der Waals surface area contributed by atoms with Crippen molar-refractivity contribution in [2.24, 2.45) is 0 Å². The smallest absolute Gasteiger partial charge is 0.323 e. The van der Waals surface area contributed by atoms with Crippen LogP contribution in [-0.2, 0) is 0 Å². The molecule has 4 aromatic rings. The predicted octanol–water partition coefficient (Wildman–Crippen LogP) is 5.54. The Kier molecular flexibility index (Phi) is 4.93. The van der Waals surface area contributed by atoms with Gasteiger partial charge in [-0.05, 0) is 49.4 Å². The number of urea groups is 1. The van der Waals surface area contributed by atoms with Crippen molar-refractivity contribution < 1.29 is 13.9 Å². The first-order valence-corrected chi connectivity index (χ1v) is 8.99. The van der Waals surface area contributed by atoms with Crippen LogP contribution in [0.3, 0.4) is 0 Å². The fourth-order valence-electron chi connectivity index (χ4n) is 2.86. The van der Waals surface area contributed by atoms with Gasteiger partial charge in [-0.2, -0.15) is 0 Å². The number of benzene rings is 3. The number of aromatic nitrogens is 1. The SMILES string of the molecule is CCOc1ccccc1NC(=O)Nc1cccc(-c2nc3ccccc3o2)c1. The molecule has 0 unspecified atom stereocenters. The molecular weight excluding hydrogens is 354 g/mol. The van der Waals surface area contributed by atoms with Gasteiger partial charge >= 0.3 is 6.03 Å². The molecule has 4 rings (SSSR count). The van der Waals surface area contributed by atoms with Crippen molar-refractivity contribution in [3.8, 4) is 17.2 Å². The van der Waals surface area contributed by atoms with Gasteiger partial charge in [-0.15, -0.1) is 0 Å².